The van der Waals surface area contributed by atoms with Crippen molar-refractivity contribution in [3.05, 3.63) is 23.9 Å². The van der Waals surface area contributed by atoms with E-state index in [0.717, 1.165) is 12.0 Å². The lowest BCUT2D eigenvalue weighted by molar-refractivity contribution is -0.130. The fourth-order valence-corrected chi connectivity index (χ4v) is 2.02. The van der Waals surface area contributed by atoms with Crippen LogP contribution in [0.15, 0.2) is 18.3 Å². The summed E-state index contributed by atoms with van der Waals surface area (Å²) in [6.45, 7) is 3.88. The highest BCUT2D eigenvalue weighted by atomic mass is 16.2. The Balaban J connectivity index is 2.68. The number of carbonyl (C=O) groups excluding carboxylic acids is 2. The van der Waals surface area contributed by atoms with Gasteiger partial charge in [0.25, 0.3) is 0 Å². The molecule has 0 fully saturated rings. The minimum absolute atomic E-state index is 0.0225. The summed E-state index contributed by atoms with van der Waals surface area (Å²) >= 11 is 0. The monoisotopic (exact) mass is 307 g/mol. The molecule has 0 saturated carbocycles. The molecule has 0 spiro atoms. The lowest BCUT2D eigenvalue weighted by Crippen LogP contribution is -2.54. The van der Waals surface area contributed by atoms with E-state index in [-0.39, 0.29) is 17.7 Å². The van der Waals surface area contributed by atoms with Crippen molar-refractivity contribution < 1.29 is 9.59 Å². The molecular weight excluding hydrogens is 282 g/mol. The number of likely N-dealkylation sites (N-methyl/N-ethyl adjacent to an activating group) is 1. The normalized spacial score (nSPS) is 14.7. The van der Waals surface area contributed by atoms with E-state index in [0.29, 0.717) is 12.2 Å². The summed E-state index contributed by atoms with van der Waals surface area (Å²) < 4.78 is 0. The molecule has 7 nitrogen and oxygen atoms in total. The van der Waals surface area contributed by atoms with E-state index in [4.69, 9.17) is 11.5 Å². The van der Waals surface area contributed by atoms with Crippen molar-refractivity contribution in [1.29, 1.82) is 0 Å². The molecule has 0 aromatic carbocycles. The summed E-state index contributed by atoms with van der Waals surface area (Å²) in [5.74, 6) is -0.137. The summed E-state index contributed by atoms with van der Waals surface area (Å²) in [5, 5.41) is 5.29. The van der Waals surface area contributed by atoms with Crippen LogP contribution in [0, 0.1) is 5.92 Å². The Morgan fingerprint density at radius 1 is 1.32 bits per heavy atom. The minimum Gasteiger partial charge on any atom is -0.384 e. The van der Waals surface area contributed by atoms with E-state index < -0.39 is 12.1 Å². The number of hydrogen-bond donors (Lipinski definition) is 4. The molecule has 3 atom stereocenters. The van der Waals surface area contributed by atoms with Crippen LogP contribution in [0.1, 0.15) is 25.8 Å². The highest BCUT2D eigenvalue weighted by Crippen LogP contribution is 2.09. The highest BCUT2D eigenvalue weighted by molar-refractivity contribution is 5.89. The Labute approximate surface area is 130 Å². The number of anilines is 1. The lowest BCUT2D eigenvalue weighted by atomic mass is 9.97. The first-order chi connectivity index (χ1) is 10.4. The predicted molar refractivity (Wildman–Crippen MR) is 85.8 cm³/mol. The molecule has 7 heteroatoms. The summed E-state index contributed by atoms with van der Waals surface area (Å²) in [4.78, 5) is 28.0. The van der Waals surface area contributed by atoms with Crippen LogP contribution in [0.2, 0.25) is 0 Å². The Kier molecular flexibility index (Phi) is 6.78. The van der Waals surface area contributed by atoms with Gasteiger partial charge in [0.1, 0.15) is 11.9 Å². The van der Waals surface area contributed by atoms with Gasteiger partial charge in [-0.25, -0.2) is 4.98 Å². The van der Waals surface area contributed by atoms with E-state index in [2.05, 4.69) is 15.6 Å². The summed E-state index contributed by atoms with van der Waals surface area (Å²) in [6, 6.07) is 2.10. The first kappa shape index (κ1) is 17.9. The maximum absolute atomic E-state index is 12.2. The zero-order chi connectivity index (χ0) is 16.7. The van der Waals surface area contributed by atoms with Crippen LogP contribution in [-0.2, 0) is 16.0 Å². The molecule has 1 heterocycles. The molecule has 6 N–H and O–H groups in total. The molecule has 1 aromatic rings. The Morgan fingerprint density at radius 2 is 2.00 bits per heavy atom. The van der Waals surface area contributed by atoms with Gasteiger partial charge in [-0.3, -0.25) is 9.59 Å². The number of nitrogen functional groups attached to an aromatic ring is 1. The second-order valence-corrected chi connectivity index (χ2v) is 5.39. The van der Waals surface area contributed by atoms with Crippen molar-refractivity contribution in [3.63, 3.8) is 0 Å². The number of nitrogens with zero attached hydrogens (tertiary/aromatic N) is 1. The number of carbonyl (C=O) groups is 2. The van der Waals surface area contributed by atoms with Gasteiger partial charge in [-0.2, -0.15) is 0 Å². The third kappa shape index (κ3) is 5.00. The predicted octanol–water partition coefficient (Wildman–Crippen LogP) is -0.189. The number of rotatable bonds is 7. The second kappa shape index (κ2) is 8.33. The fraction of sp³-hybridized carbons (Fsp3) is 0.533. The van der Waals surface area contributed by atoms with Crippen LogP contribution in [0.4, 0.5) is 5.82 Å². The van der Waals surface area contributed by atoms with Crippen molar-refractivity contribution in [3.8, 4) is 0 Å². The number of nitrogens with two attached hydrogens (primary N) is 2. The zero-order valence-corrected chi connectivity index (χ0v) is 13.3. The van der Waals surface area contributed by atoms with Gasteiger partial charge < -0.3 is 22.1 Å². The van der Waals surface area contributed by atoms with Crippen molar-refractivity contribution in [1.82, 2.24) is 15.6 Å². The standard InChI is InChI=1S/C15H25N5O2/c1-4-9(2)13(15(22)18-3)20-14(21)11(16)7-10-5-6-12(17)19-8-10/h5-6,8-9,11,13H,4,7,16H2,1-3H3,(H2,17,19)(H,18,22)(H,20,21)/t9-,11-,13-/m0/s1. The largest absolute Gasteiger partial charge is 0.384 e. The van der Waals surface area contributed by atoms with Gasteiger partial charge in [-0.1, -0.05) is 26.3 Å². The van der Waals surface area contributed by atoms with Crippen LogP contribution < -0.4 is 22.1 Å². The fourth-order valence-electron chi connectivity index (χ4n) is 2.02. The van der Waals surface area contributed by atoms with Crippen LogP contribution in [-0.4, -0.2) is 35.9 Å². The number of pyridine rings is 1. The van der Waals surface area contributed by atoms with Crippen molar-refractivity contribution in [2.45, 2.75) is 38.8 Å². The first-order valence-electron chi connectivity index (χ1n) is 7.37. The summed E-state index contributed by atoms with van der Waals surface area (Å²) in [5.41, 5.74) is 12.2. The smallest absolute Gasteiger partial charge is 0.242 e. The van der Waals surface area contributed by atoms with E-state index in [1.54, 1.807) is 25.4 Å². The Morgan fingerprint density at radius 3 is 2.50 bits per heavy atom. The van der Waals surface area contributed by atoms with E-state index in [1.807, 2.05) is 13.8 Å². The van der Waals surface area contributed by atoms with E-state index >= 15 is 0 Å². The van der Waals surface area contributed by atoms with Gasteiger partial charge >= 0.3 is 0 Å². The molecule has 1 aromatic heterocycles. The van der Waals surface area contributed by atoms with Gasteiger partial charge in [-0.15, -0.1) is 0 Å². The molecule has 0 aliphatic rings. The quantitative estimate of drug-likeness (QED) is 0.556. The van der Waals surface area contributed by atoms with Crippen LogP contribution in [0.5, 0.6) is 0 Å². The topological polar surface area (TPSA) is 123 Å². The van der Waals surface area contributed by atoms with Gasteiger partial charge in [0, 0.05) is 13.2 Å². The molecular formula is C15H25N5O2. The molecule has 1 rings (SSSR count). The van der Waals surface area contributed by atoms with Gasteiger partial charge in [0.05, 0.1) is 6.04 Å². The molecule has 0 unspecified atom stereocenters. The molecule has 22 heavy (non-hydrogen) atoms. The Bertz CT molecular complexity index is 503. The molecule has 0 saturated heterocycles. The number of aromatic nitrogens is 1. The highest BCUT2D eigenvalue weighted by Gasteiger charge is 2.27. The number of nitrogens with one attached hydrogen (secondary N) is 2. The van der Waals surface area contributed by atoms with Crippen molar-refractivity contribution >= 4 is 17.6 Å². The van der Waals surface area contributed by atoms with Gasteiger partial charge in [0.15, 0.2) is 0 Å². The number of hydrogen-bond acceptors (Lipinski definition) is 5. The Hall–Kier alpha value is -2.15. The summed E-state index contributed by atoms with van der Waals surface area (Å²) in [6.07, 6.45) is 2.70. The van der Waals surface area contributed by atoms with Gasteiger partial charge in [-0.05, 0) is 24.0 Å². The SMILES string of the molecule is CC[C@H](C)[C@H](NC(=O)[C@@H](N)Cc1ccc(N)nc1)C(=O)NC. The molecule has 0 bridgehead atoms. The third-order valence-corrected chi connectivity index (χ3v) is 3.68. The lowest BCUT2D eigenvalue weighted by Gasteiger charge is -2.24. The average Bonchev–Trinajstić information content (AvgIpc) is 2.52. The van der Waals surface area contributed by atoms with Crippen molar-refractivity contribution in [2.75, 3.05) is 12.8 Å². The zero-order valence-electron chi connectivity index (χ0n) is 13.3. The van der Waals surface area contributed by atoms with Crippen LogP contribution >= 0.6 is 0 Å². The molecule has 0 aliphatic carbocycles. The maximum Gasteiger partial charge on any atom is 0.242 e. The number of amides is 2. The molecule has 0 radical (unpaired) electrons. The van der Waals surface area contributed by atoms with E-state index in [9.17, 15) is 9.59 Å². The van der Waals surface area contributed by atoms with Crippen LogP contribution in [0.25, 0.3) is 0 Å². The second-order valence-electron chi connectivity index (χ2n) is 5.39. The molecule has 2 amide bonds. The van der Waals surface area contributed by atoms with Crippen LogP contribution in [0.3, 0.4) is 0 Å². The average molecular weight is 307 g/mol. The third-order valence-electron chi connectivity index (χ3n) is 3.68. The van der Waals surface area contributed by atoms with Gasteiger partial charge in [0.2, 0.25) is 11.8 Å². The maximum atomic E-state index is 12.2. The first-order valence-corrected chi connectivity index (χ1v) is 7.37. The van der Waals surface area contributed by atoms with Crippen molar-refractivity contribution in [2.24, 2.45) is 11.7 Å². The minimum atomic E-state index is -0.748. The summed E-state index contributed by atoms with van der Waals surface area (Å²) in [7, 11) is 1.55. The molecule has 0 aliphatic heterocycles. The van der Waals surface area contributed by atoms with E-state index in [1.165, 1.54) is 0 Å². The molecule has 122 valence electrons.